The number of rotatable bonds is 9. The number of imidazole rings is 1. The second-order valence-electron chi connectivity index (χ2n) is 10.0. The van der Waals surface area contributed by atoms with Crippen LogP contribution in [-0.2, 0) is 23.2 Å². The Balaban J connectivity index is 1.42. The second kappa shape index (κ2) is 10.8. The predicted molar refractivity (Wildman–Crippen MR) is 142 cm³/mol. The number of benzene rings is 3. The summed E-state index contributed by atoms with van der Waals surface area (Å²) in [5.41, 5.74) is 4.52. The molecule has 1 heterocycles. The van der Waals surface area contributed by atoms with Crippen molar-refractivity contribution >= 4 is 16.9 Å². The van der Waals surface area contributed by atoms with E-state index in [1.165, 1.54) is 5.56 Å². The summed E-state index contributed by atoms with van der Waals surface area (Å²) in [6.07, 6.45) is 1.17. The van der Waals surface area contributed by atoms with Gasteiger partial charge in [-0.3, -0.25) is 4.79 Å². The van der Waals surface area contributed by atoms with E-state index in [0.717, 1.165) is 34.6 Å². The van der Waals surface area contributed by atoms with Gasteiger partial charge in [0.25, 0.3) is 0 Å². The molecule has 0 bridgehead atoms. The van der Waals surface area contributed by atoms with Gasteiger partial charge < -0.3 is 14.6 Å². The second-order valence-corrected chi connectivity index (χ2v) is 10.0. The Bertz CT molecular complexity index is 1250. The first kappa shape index (κ1) is 24.5. The third kappa shape index (κ3) is 6.30. The Labute approximate surface area is 208 Å². The fourth-order valence-corrected chi connectivity index (χ4v) is 4.25. The highest BCUT2D eigenvalue weighted by Gasteiger charge is 2.19. The van der Waals surface area contributed by atoms with Gasteiger partial charge in [0, 0.05) is 6.42 Å². The summed E-state index contributed by atoms with van der Waals surface area (Å²) in [5, 5.41) is 3.13. The van der Waals surface area contributed by atoms with E-state index in [2.05, 4.69) is 48.9 Å². The molecule has 0 saturated heterocycles. The molecule has 0 aliphatic heterocycles. The van der Waals surface area contributed by atoms with Gasteiger partial charge in [-0.15, -0.1) is 0 Å². The maximum Gasteiger partial charge on any atom is 0.220 e. The smallest absolute Gasteiger partial charge is 0.220 e. The first-order valence-electron chi connectivity index (χ1n) is 12.3. The van der Waals surface area contributed by atoms with E-state index >= 15 is 0 Å². The van der Waals surface area contributed by atoms with Crippen LogP contribution in [-0.4, -0.2) is 22.1 Å². The van der Waals surface area contributed by atoms with E-state index < -0.39 is 0 Å². The van der Waals surface area contributed by atoms with Crippen LogP contribution in [0.1, 0.15) is 57.1 Å². The summed E-state index contributed by atoms with van der Waals surface area (Å²) >= 11 is 0. The van der Waals surface area contributed by atoms with Crippen molar-refractivity contribution in [2.75, 3.05) is 6.61 Å². The average Bonchev–Trinajstić information content (AvgIpc) is 3.22. The fraction of sp³-hybridized carbons (Fsp3) is 0.333. The largest absolute Gasteiger partial charge is 0.492 e. The number of fused-ring (bicyclic) bond motifs is 1. The van der Waals surface area contributed by atoms with Crippen LogP contribution in [0.2, 0.25) is 0 Å². The molecular formula is C30H35N3O2. The van der Waals surface area contributed by atoms with Crippen LogP contribution in [0, 0.1) is 0 Å². The zero-order valence-corrected chi connectivity index (χ0v) is 21.1. The molecule has 4 rings (SSSR count). The van der Waals surface area contributed by atoms with E-state index in [-0.39, 0.29) is 17.4 Å². The monoisotopic (exact) mass is 469 g/mol. The number of carbonyl (C=O) groups is 1. The Kier molecular flexibility index (Phi) is 7.54. The molecule has 182 valence electrons. The number of aryl methyl sites for hydroxylation is 1. The number of nitrogens with zero attached hydrogens (tertiary/aromatic N) is 2. The maximum absolute atomic E-state index is 12.7. The lowest BCUT2D eigenvalue weighted by molar-refractivity contribution is -0.121. The summed E-state index contributed by atoms with van der Waals surface area (Å²) in [5.74, 6) is 1.72. The quantitative estimate of drug-likeness (QED) is 0.316. The summed E-state index contributed by atoms with van der Waals surface area (Å²) in [4.78, 5) is 17.5. The van der Waals surface area contributed by atoms with Crippen molar-refractivity contribution in [1.82, 2.24) is 14.9 Å². The topological polar surface area (TPSA) is 56.2 Å². The molecular weight excluding hydrogens is 434 g/mol. The molecule has 35 heavy (non-hydrogen) atoms. The third-order valence-corrected chi connectivity index (χ3v) is 6.24. The normalized spacial score (nSPS) is 12.5. The first-order valence-corrected chi connectivity index (χ1v) is 12.3. The van der Waals surface area contributed by atoms with Crippen molar-refractivity contribution in [2.45, 2.75) is 58.5 Å². The molecule has 1 amide bonds. The van der Waals surface area contributed by atoms with Crippen LogP contribution in [0.4, 0.5) is 0 Å². The molecule has 3 aromatic carbocycles. The standard InChI is InChI=1S/C30H35N3O2/c1-22(31-28(34)19-14-23-10-6-5-7-11-23)29-32-26-12-8-9-13-27(26)33(29)20-21-35-25-17-15-24(16-18-25)30(2,3)4/h5-13,15-18,22H,14,19-21H2,1-4H3,(H,31,34). The highest BCUT2D eigenvalue weighted by Crippen LogP contribution is 2.25. The number of para-hydroxylation sites is 2. The fourth-order valence-electron chi connectivity index (χ4n) is 4.25. The Morgan fingerprint density at radius 1 is 0.971 bits per heavy atom. The van der Waals surface area contributed by atoms with Crippen LogP contribution >= 0.6 is 0 Å². The van der Waals surface area contributed by atoms with Gasteiger partial charge in [-0.25, -0.2) is 4.98 Å². The number of hydrogen-bond acceptors (Lipinski definition) is 3. The van der Waals surface area contributed by atoms with E-state index in [0.29, 0.717) is 19.6 Å². The van der Waals surface area contributed by atoms with Crippen molar-refractivity contribution in [2.24, 2.45) is 0 Å². The molecule has 0 spiro atoms. The van der Waals surface area contributed by atoms with Crippen LogP contribution in [0.5, 0.6) is 5.75 Å². The molecule has 1 unspecified atom stereocenters. The summed E-state index contributed by atoms with van der Waals surface area (Å²) < 4.78 is 8.22. The number of ether oxygens (including phenoxy) is 1. The van der Waals surface area contributed by atoms with Gasteiger partial charge in [-0.2, -0.15) is 0 Å². The molecule has 0 aliphatic carbocycles. The van der Waals surface area contributed by atoms with Gasteiger partial charge >= 0.3 is 0 Å². The SMILES string of the molecule is CC(NC(=O)CCc1ccccc1)c1nc2ccccc2n1CCOc1ccc(C(C)(C)C)cc1. The number of nitrogens with one attached hydrogen (secondary N) is 1. The zero-order valence-electron chi connectivity index (χ0n) is 21.1. The third-order valence-electron chi connectivity index (χ3n) is 6.24. The minimum Gasteiger partial charge on any atom is -0.492 e. The predicted octanol–water partition coefficient (Wildman–Crippen LogP) is 6.22. The molecule has 1 aromatic heterocycles. The Morgan fingerprint density at radius 2 is 1.66 bits per heavy atom. The molecule has 5 heteroatoms. The van der Waals surface area contributed by atoms with Crippen LogP contribution in [0.3, 0.4) is 0 Å². The maximum atomic E-state index is 12.7. The molecule has 0 radical (unpaired) electrons. The van der Waals surface area contributed by atoms with Crippen LogP contribution in [0.25, 0.3) is 11.0 Å². The summed E-state index contributed by atoms with van der Waals surface area (Å²) in [7, 11) is 0. The van der Waals surface area contributed by atoms with Crippen LogP contribution < -0.4 is 10.1 Å². The van der Waals surface area contributed by atoms with Crippen LogP contribution in [0.15, 0.2) is 78.9 Å². The van der Waals surface area contributed by atoms with E-state index in [1.807, 2.05) is 67.6 Å². The number of carbonyl (C=O) groups excluding carboxylic acids is 1. The minimum absolute atomic E-state index is 0.0233. The molecule has 0 fully saturated rings. The van der Waals surface area contributed by atoms with Crippen molar-refractivity contribution < 1.29 is 9.53 Å². The average molecular weight is 470 g/mol. The molecule has 4 aromatic rings. The number of aromatic nitrogens is 2. The Morgan fingerprint density at radius 3 is 2.37 bits per heavy atom. The van der Waals surface area contributed by atoms with Crippen molar-refractivity contribution in [3.8, 4) is 5.75 Å². The zero-order chi connectivity index (χ0) is 24.8. The van der Waals surface area contributed by atoms with Crippen molar-refractivity contribution in [3.05, 3.63) is 95.8 Å². The minimum atomic E-state index is -0.211. The van der Waals surface area contributed by atoms with E-state index in [4.69, 9.17) is 9.72 Å². The number of amides is 1. The van der Waals surface area contributed by atoms with E-state index in [1.54, 1.807) is 0 Å². The van der Waals surface area contributed by atoms with Crippen molar-refractivity contribution in [3.63, 3.8) is 0 Å². The van der Waals surface area contributed by atoms with Gasteiger partial charge in [0.15, 0.2) is 0 Å². The molecule has 1 atom stereocenters. The Hall–Kier alpha value is -3.60. The van der Waals surface area contributed by atoms with Gasteiger partial charge in [0.05, 0.1) is 23.6 Å². The van der Waals surface area contributed by atoms with Gasteiger partial charge in [0.2, 0.25) is 5.91 Å². The summed E-state index contributed by atoms with van der Waals surface area (Å²) in [6, 6.07) is 26.3. The van der Waals surface area contributed by atoms with E-state index in [9.17, 15) is 4.79 Å². The lowest BCUT2D eigenvalue weighted by atomic mass is 9.87. The highest BCUT2D eigenvalue weighted by molar-refractivity contribution is 5.78. The number of hydrogen-bond donors (Lipinski definition) is 1. The first-order chi connectivity index (χ1) is 16.8. The van der Waals surface area contributed by atoms with Gasteiger partial charge in [-0.1, -0.05) is 75.4 Å². The van der Waals surface area contributed by atoms with Gasteiger partial charge in [0.1, 0.15) is 18.2 Å². The molecule has 5 nitrogen and oxygen atoms in total. The highest BCUT2D eigenvalue weighted by atomic mass is 16.5. The lowest BCUT2D eigenvalue weighted by Gasteiger charge is -2.19. The molecule has 0 aliphatic rings. The summed E-state index contributed by atoms with van der Waals surface area (Å²) in [6.45, 7) is 9.75. The molecule has 1 N–H and O–H groups in total. The van der Waals surface area contributed by atoms with Gasteiger partial charge in [-0.05, 0) is 54.2 Å². The molecule has 0 saturated carbocycles. The lowest BCUT2D eigenvalue weighted by Crippen LogP contribution is -2.29. The van der Waals surface area contributed by atoms with Crippen molar-refractivity contribution in [1.29, 1.82) is 0 Å².